The van der Waals surface area contributed by atoms with Gasteiger partial charge in [-0.1, -0.05) is 353 Å². The van der Waals surface area contributed by atoms with Crippen LogP contribution in [0.15, 0.2) is 400 Å². The van der Waals surface area contributed by atoms with Crippen LogP contribution in [0, 0.1) is 36.4 Å². The fraction of sp³-hybridized carbons (Fsp3) is 0.138. The van der Waals surface area contributed by atoms with Gasteiger partial charge in [-0.05, 0) is 83.8 Å². The minimum Gasteiger partial charge on any atom is -0.540 e. The number of halogens is 3. The number of pyridine rings is 3. The Morgan fingerprint density at radius 2 is 0.446 bits per heavy atom. The molecule has 0 atom stereocenters. The minimum absolute atomic E-state index is 0. The Kier molecular flexibility index (Phi) is 40.7. The van der Waals surface area contributed by atoms with Crippen molar-refractivity contribution < 1.29 is 137 Å². The number of rotatable bonds is 21. The number of nitrogens with zero attached hydrogens (tertiary/aromatic N) is 3. The Labute approximate surface area is 912 Å². The molecule has 18 aromatic rings. The van der Waals surface area contributed by atoms with E-state index < -0.39 is 43.0 Å². The maximum Gasteiger partial charge on any atom is 0.522 e. The molecule has 0 fully saturated rings. The molecule has 25 heteroatoms. The van der Waals surface area contributed by atoms with Crippen molar-refractivity contribution in [1.82, 2.24) is 15.0 Å². The van der Waals surface area contributed by atoms with Gasteiger partial charge in [0.2, 0.25) is 0 Å². The minimum atomic E-state index is -5.84. The van der Waals surface area contributed by atoms with Crippen LogP contribution in [0.4, 0.5) is 13.2 Å². The van der Waals surface area contributed by atoms with Crippen molar-refractivity contribution in [2.24, 2.45) is 0 Å². The van der Waals surface area contributed by atoms with E-state index in [1.165, 1.54) is 16.7 Å². The molecule has 3 radical (unpaired) electrons. The molecule has 0 bridgehead atoms. The Bertz CT molecular complexity index is 6870. The van der Waals surface area contributed by atoms with Crippen LogP contribution in [-0.4, -0.2) is 71.3 Å². The summed E-state index contributed by atoms with van der Waals surface area (Å²) in [5.41, 5.74) is 14.5. The molecule has 3 aromatic heterocycles. The van der Waals surface area contributed by atoms with Crippen molar-refractivity contribution in [3.63, 3.8) is 0 Å². The van der Waals surface area contributed by atoms with E-state index >= 15 is 0 Å². The molecule has 15 aromatic carbocycles. The first kappa shape index (κ1) is 117. The smallest absolute Gasteiger partial charge is 0.522 e. The van der Waals surface area contributed by atoms with E-state index in [1.54, 1.807) is 21.3 Å². The summed E-state index contributed by atoms with van der Waals surface area (Å²) < 4.78 is 118. The number of ether oxygens (including phenoxy) is 3. The van der Waals surface area contributed by atoms with Crippen LogP contribution in [-0.2, 0) is 112 Å². The van der Waals surface area contributed by atoms with Gasteiger partial charge < -0.3 is 53.4 Å². The van der Waals surface area contributed by atoms with Gasteiger partial charge >= 0.3 is 15.6 Å². The number of methoxy groups -OCH3 is 3. The van der Waals surface area contributed by atoms with Gasteiger partial charge in [-0.2, -0.15) is 21.6 Å². The first-order valence-corrected chi connectivity index (χ1v) is 52.8. The maximum atomic E-state index is 14.9. The largest absolute Gasteiger partial charge is 0.540 e. The monoisotopic (exact) mass is 2590 g/mol. The Hall–Kier alpha value is -12.8. The Morgan fingerprint density at radius 3 is 0.581 bits per heavy atom. The molecule has 0 aliphatic rings. The number of carboxylic acid groups (broad SMARTS) is 1. The summed E-state index contributed by atoms with van der Waals surface area (Å²) in [5, 5.41) is 14.7. The van der Waals surface area contributed by atoms with Crippen LogP contribution in [0.1, 0.15) is 85.9 Å². The van der Waals surface area contributed by atoms with Crippen LogP contribution in [0.3, 0.4) is 0 Å². The SMILES string of the molecule is CC(=O)O.COc1c[c-]c(-c2cc(-c3ccc(P(=O)(c4ccccc4)c4ccccc4)cc3)cc(-c3[c-]cc(C(C)(C)C)cc3)n2)cc1.COc1c[c-]c(-c2cc(-c3ccc(P(=O)(c4ccccc4)c4ccccc4)cc3)cc(-c3[c-]cc(C(C)(C)C)cc3)n2)cc1.COc1c[c-]c(-c2cc(-c3ccc(P(=O)(c4ccccc4)c4ccccc4)cc3)cc(-c3[c-]cc(C(C)(C)C)cc3)n2)cc1.O.O=S(=O)(O)C(F)(F)F.[Au].[Au].[Au]. The number of aliphatic carboxylic acids is 1. The molecule has 0 amide bonds. The van der Waals surface area contributed by atoms with Crippen molar-refractivity contribution in [1.29, 1.82) is 0 Å². The van der Waals surface area contributed by atoms with E-state index in [0.29, 0.717) is 0 Å². The van der Waals surface area contributed by atoms with E-state index in [2.05, 4.69) is 226 Å². The third-order valence-electron chi connectivity index (χ3n) is 23.9. The second-order valence-electron chi connectivity index (χ2n) is 37.0. The Balaban J connectivity index is 0.000000212. The molecule has 0 aliphatic carbocycles. The third-order valence-corrected chi connectivity index (χ3v) is 33.7. The summed E-state index contributed by atoms with van der Waals surface area (Å²) in [5.74, 6) is 1.40. The summed E-state index contributed by atoms with van der Waals surface area (Å²) in [7, 11) is -10.1. The standard InChI is InChI=1S/3C40H34NO2P.C2H4O2.CHF3O3S.3Au.H2O/c3*1-40(2,3)33-21-15-30(16-22-33)38-27-32(28-39(41-38)31-17-23-34(43-4)24-18-31)29-19-25-37(26-20-29)44(42,35-11-7-5-8-12-35)36-13-9-6-10-14-36;1-2(3)4;2-1(3,4)8(5,6)7;;;;/h3*5-15,17,19-28H,1-4H3;1H3,(H,3,4);(H,5,6,7);;;;1H2/q3*-2;;;;;;. The predicted molar refractivity (Wildman–Crippen MR) is 583 cm³/mol. The second-order valence-corrected chi connectivity index (χ2v) is 46.7. The molecule has 4 N–H and O–H groups in total. The first-order valence-electron chi connectivity index (χ1n) is 46.3. The fourth-order valence-corrected chi connectivity index (χ4v) is 23.9. The van der Waals surface area contributed by atoms with E-state index in [9.17, 15) is 26.9 Å². The predicted octanol–water partition coefficient (Wildman–Crippen LogP) is 25.5. The van der Waals surface area contributed by atoms with Crippen LogP contribution in [0.2, 0.25) is 0 Å². The first-order chi connectivity index (χ1) is 68.7. The topological polar surface area (TPSA) is 241 Å². The normalized spacial score (nSPS) is 11.4. The van der Waals surface area contributed by atoms with E-state index in [0.717, 1.165) is 173 Å². The zero-order valence-corrected chi connectivity index (χ0v) is 93.3. The second kappa shape index (κ2) is 51.4. The number of hydrogen-bond donors (Lipinski definition) is 2. The molecule has 0 aliphatic heterocycles. The van der Waals surface area contributed by atoms with Crippen LogP contribution in [0.25, 0.3) is 101 Å². The van der Waals surface area contributed by atoms with Gasteiger partial charge in [0.25, 0.3) is 5.97 Å². The molecule has 15 nitrogen and oxygen atoms in total. The number of carboxylic acids is 1. The summed E-state index contributed by atoms with van der Waals surface area (Å²) in [4.78, 5) is 24.1. The van der Waals surface area contributed by atoms with Crippen molar-refractivity contribution in [2.75, 3.05) is 21.3 Å². The van der Waals surface area contributed by atoms with Crippen LogP contribution in [0.5, 0.6) is 17.2 Å². The number of hydrogen-bond acceptors (Lipinski definition) is 12. The average molecular weight is 2590 g/mol. The fourth-order valence-electron chi connectivity index (χ4n) is 15.9. The zero-order chi connectivity index (χ0) is 103. The summed E-state index contributed by atoms with van der Waals surface area (Å²) in [6, 6.07) is 152. The molecule has 0 saturated carbocycles. The van der Waals surface area contributed by atoms with Crippen molar-refractivity contribution >= 4 is 85.3 Å². The number of alkyl halides is 3. The van der Waals surface area contributed by atoms with Crippen molar-refractivity contribution in [3.8, 4) is 118 Å². The van der Waals surface area contributed by atoms with Gasteiger partial charge in [0.1, 0.15) is 0 Å². The number of benzene rings is 15. The van der Waals surface area contributed by atoms with Crippen LogP contribution < -0.4 is 62.0 Å². The van der Waals surface area contributed by atoms with Gasteiger partial charge in [-0.15, -0.1) is 196 Å². The number of carbonyl (C=O) groups is 1. The quantitative estimate of drug-likeness (QED) is 0.0224. The molecule has 148 heavy (non-hydrogen) atoms. The maximum absolute atomic E-state index is 14.9. The van der Waals surface area contributed by atoms with Gasteiger partial charge in [0, 0.05) is 139 Å². The van der Waals surface area contributed by atoms with Gasteiger partial charge in [-0.3, -0.25) is 9.35 Å². The summed E-state index contributed by atoms with van der Waals surface area (Å²) in [6.45, 7) is 20.9. The molecule has 3 heterocycles. The van der Waals surface area contributed by atoms with E-state index in [-0.39, 0.29) is 88.9 Å². The molecule has 0 saturated heterocycles. The molecule has 0 spiro atoms. The molecular formula is C123H109Au3F3N3O12P3S-6. The number of aromatic nitrogens is 3. The molecule has 769 valence electrons. The summed E-state index contributed by atoms with van der Waals surface area (Å²) >= 11 is 0. The van der Waals surface area contributed by atoms with Gasteiger partial charge in [0.05, 0.1) is 21.3 Å². The van der Waals surface area contributed by atoms with Gasteiger partial charge in [0.15, 0.2) is 21.4 Å². The molecular weight excluding hydrogens is 2480 g/mol. The molecule has 18 rings (SSSR count). The van der Waals surface area contributed by atoms with Crippen LogP contribution >= 0.6 is 21.4 Å². The van der Waals surface area contributed by atoms with Gasteiger partial charge in [-0.25, -0.2) is 0 Å². The van der Waals surface area contributed by atoms with E-state index in [1.807, 2.05) is 273 Å². The Morgan fingerprint density at radius 1 is 0.284 bits per heavy atom. The van der Waals surface area contributed by atoms with E-state index in [4.69, 9.17) is 52.0 Å². The molecule has 0 unspecified atom stereocenters. The van der Waals surface area contributed by atoms with Crippen molar-refractivity contribution in [3.05, 3.63) is 453 Å². The zero-order valence-electron chi connectivity index (χ0n) is 83.3. The third kappa shape index (κ3) is 28.8. The van der Waals surface area contributed by atoms with Crippen molar-refractivity contribution in [2.45, 2.75) is 91.0 Å². The average Bonchev–Trinajstić information content (AvgIpc) is 0.765. The summed E-state index contributed by atoms with van der Waals surface area (Å²) in [6.07, 6.45) is 0.